The minimum absolute atomic E-state index is 0.0232. The third kappa shape index (κ3) is 20.0. The van der Waals surface area contributed by atoms with Crippen LogP contribution in [-0.4, -0.2) is 18.5 Å². The van der Waals surface area contributed by atoms with Gasteiger partial charge in [-0.15, -0.1) is 0 Å². The standard InChI is InChI=1S/C26H49NO3/c1-4-7-10-13-16-19-22-30-26(29)23-24(20-17-14-11-8-5-2)27-25(28)21-18-15-12-9-6-3/h23H,4-22H2,1-3H3,(H,27,28)/b24-23-. The minimum Gasteiger partial charge on any atom is -0.462 e. The molecule has 0 aliphatic carbocycles. The Morgan fingerprint density at radius 3 is 1.67 bits per heavy atom. The number of ether oxygens (including phenoxy) is 1. The van der Waals surface area contributed by atoms with Crippen LogP contribution in [0.25, 0.3) is 0 Å². The number of carbonyl (C=O) groups is 2. The molecule has 0 aromatic heterocycles. The van der Waals surface area contributed by atoms with E-state index in [4.69, 9.17) is 4.74 Å². The highest BCUT2D eigenvalue weighted by Crippen LogP contribution is 2.11. The number of hydrogen-bond acceptors (Lipinski definition) is 3. The molecule has 0 unspecified atom stereocenters. The van der Waals surface area contributed by atoms with Crippen molar-refractivity contribution in [2.45, 2.75) is 136 Å². The van der Waals surface area contributed by atoms with Crippen molar-refractivity contribution in [3.05, 3.63) is 11.8 Å². The molecule has 30 heavy (non-hydrogen) atoms. The van der Waals surface area contributed by atoms with Crippen molar-refractivity contribution in [1.29, 1.82) is 0 Å². The zero-order valence-electron chi connectivity index (χ0n) is 20.2. The van der Waals surface area contributed by atoms with Crippen LogP contribution in [0.3, 0.4) is 0 Å². The maximum absolute atomic E-state index is 12.3. The lowest BCUT2D eigenvalue weighted by Gasteiger charge is -2.11. The van der Waals surface area contributed by atoms with E-state index in [-0.39, 0.29) is 11.9 Å². The van der Waals surface area contributed by atoms with Gasteiger partial charge in [-0.3, -0.25) is 4.79 Å². The summed E-state index contributed by atoms with van der Waals surface area (Å²) in [6, 6.07) is 0. The molecule has 1 amide bonds. The van der Waals surface area contributed by atoms with Crippen LogP contribution < -0.4 is 5.32 Å². The van der Waals surface area contributed by atoms with E-state index in [1.165, 1.54) is 70.3 Å². The molecule has 0 spiro atoms. The molecule has 0 heterocycles. The summed E-state index contributed by atoms with van der Waals surface area (Å²) in [5.74, 6) is -0.301. The fourth-order valence-electron chi connectivity index (χ4n) is 3.46. The Hall–Kier alpha value is -1.32. The smallest absolute Gasteiger partial charge is 0.332 e. The van der Waals surface area contributed by atoms with Gasteiger partial charge in [0.25, 0.3) is 0 Å². The van der Waals surface area contributed by atoms with Crippen LogP contribution >= 0.6 is 0 Å². The maximum Gasteiger partial charge on any atom is 0.332 e. The molecule has 0 aromatic rings. The summed E-state index contributed by atoms with van der Waals surface area (Å²) in [6.07, 6.45) is 21.2. The molecule has 0 aromatic carbocycles. The van der Waals surface area contributed by atoms with E-state index >= 15 is 0 Å². The van der Waals surface area contributed by atoms with Crippen molar-refractivity contribution in [3.8, 4) is 0 Å². The van der Waals surface area contributed by atoms with Gasteiger partial charge >= 0.3 is 5.97 Å². The summed E-state index contributed by atoms with van der Waals surface area (Å²) in [7, 11) is 0. The number of rotatable bonds is 21. The number of allylic oxidation sites excluding steroid dienone is 1. The molecule has 0 atom stereocenters. The van der Waals surface area contributed by atoms with E-state index in [1.54, 1.807) is 0 Å². The topological polar surface area (TPSA) is 55.4 Å². The molecular formula is C26H49NO3. The number of hydrogen-bond donors (Lipinski definition) is 1. The van der Waals surface area contributed by atoms with Gasteiger partial charge in [-0.05, 0) is 25.7 Å². The zero-order valence-corrected chi connectivity index (χ0v) is 20.2. The Kier molecular flexibility index (Phi) is 21.4. The lowest BCUT2D eigenvalue weighted by Crippen LogP contribution is -2.23. The minimum atomic E-state index is -0.324. The first-order valence-corrected chi connectivity index (χ1v) is 12.8. The molecule has 1 N–H and O–H groups in total. The van der Waals surface area contributed by atoms with Gasteiger partial charge in [0.2, 0.25) is 5.91 Å². The summed E-state index contributed by atoms with van der Waals surface area (Å²) in [5.41, 5.74) is 0.720. The largest absolute Gasteiger partial charge is 0.462 e. The van der Waals surface area contributed by atoms with Crippen molar-refractivity contribution in [1.82, 2.24) is 5.32 Å². The summed E-state index contributed by atoms with van der Waals surface area (Å²) in [4.78, 5) is 24.5. The normalized spacial score (nSPS) is 11.5. The van der Waals surface area contributed by atoms with Crippen molar-refractivity contribution >= 4 is 11.9 Å². The van der Waals surface area contributed by atoms with Gasteiger partial charge in [-0.2, -0.15) is 0 Å². The van der Waals surface area contributed by atoms with Gasteiger partial charge in [-0.25, -0.2) is 4.79 Å². The van der Waals surface area contributed by atoms with E-state index in [0.29, 0.717) is 13.0 Å². The van der Waals surface area contributed by atoms with Gasteiger partial charge in [-0.1, -0.05) is 104 Å². The van der Waals surface area contributed by atoms with Gasteiger partial charge in [0, 0.05) is 18.2 Å². The molecule has 0 saturated heterocycles. The Balaban J connectivity index is 4.33. The molecule has 0 saturated carbocycles. The first-order chi connectivity index (χ1) is 14.6. The number of esters is 1. The highest BCUT2D eigenvalue weighted by Gasteiger charge is 2.08. The molecule has 0 fully saturated rings. The van der Waals surface area contributed by atoms with Gasteiger partial charge in [0.1, 0.15) is 0 Å². The average Bonchev–Trinajstić information content (AvgIpc) is 2.72. The highest BCUT2D eigenvalue weighted by molar-refractivity contribution is 5.85. The fraction of sp³-hybridized carbons (Fsp3) is 0.846. The second-order valence-corrected chi connectivity index (χ2v) is 8.48. The van der Waals surface area contributed by atoms with Crippen molar-refractivity contribution < 1.29 is 14.3 Å². The molecule has 4 heteroatoms. The lowest BCUT2D eigenvalue weighted by atomic mass is 10.1. The van der Waals surface area contributed by atoms with Gasteiger partial charge < -0.3 is 10.1 Å². The van der Waals surface area contributed by atoms with Crippen LogP contribution in [0.1, 0.15) is 136 Å². The van der Waals surface area contributed by atoms with E-state index < -0.39 is 0 Å². The number of unbranched alkanes of at least 4 members (excludes halogenated alkanes) is 13. The third-order valence-electron chi connectivity index (χ3n) is 5.39. The monoisotopic (exact) mass is 423 g/mol. The molecule has 0 bridgehead atoms. The molecule has 0 rings (SSSR count). The van der Waals surface area contributed by atoms with Crippen LogP contribution in [0.5, 0.6) is 0 Å². The van der Waals surface area contributed by atoms with Crippen molar-refractivity contribution in [3.63, 3.8) is 0 Å². The molecule has 4 nitrogen and oxygen atoms in total. The van der Waals surface area contributed by atoms with Gasteiger partial charge in [0.05, 0.1) is 6.61 Å². The Labute approximate surface area is 186 Å². The van der Waals surface area contributed by atoms with Crippen LogP contribution in [-0.2, 0) is 14.3 Å². The average molecular weight is 424 g/mol. The van der Waals surface area contributed by atoms with Crippen LogP contribution in [0.4, 0.5) is 0 Å². The summed E-state index contributed by atoms with van der Waals surface area (Å²) >= 11 is 0. The maximum atomic E-state index is 12.3. The number of amides is 1. The van der Waals surface area contributed by atoms with Gasteiger partial charge in [0.15, 0.2) is 0 Å². The van der Waals surface area contributed by atoms with E-state index in [0.717, 1.165) is 50.6 Å². The fourth-order valence-corrected chi connectivity index (χ4v) is 3.46. The van der Waals surface area contributed by atoms with Crippen LogP contribution in [0, 0.1) is 0 Å². The molecular weight excluding hydrogens is 374 g/mol. The molecule has 0 aliphatic rings. The summed E-state index contributed by atoms with van der Waals surface area (Å²) in [6.45, 7) is 7.07. The predicted molar refractivity (Wildman–Crippen MR) is 127 cm³/mol. The summed E-state index contributed by atoms with van der Waals surface area (Å²) in [5, 5.41) is 2.98. The number of carbonyl (C=O) groups excluding carboxylic acids is 2. The predicted octanol–water partition coefficient (Wildman–Crippen LogP) is 7.61. The van der Waals surface area contributed by atoms with E-state index in [1.807, 2.05) is 0 Å². The zero-order chi connectivity index (χ0) is 22.3. The Morgan fingerprint density at radius 1 is 0.633 bits per heavy atom. The van der Waals surface area contributed by atoms with Crippen LogP contribution in [0.15, 0.2) is 11.8 Å². The Morgan fingerprint density at radius 2 is 1.10 bits per heavy atom. The first-order valence-electron chi connectivity index (χ1n) is 12.8. The molecule has 0 aliphatic heterocycles. The molecule has 176 valence electrons. The molecule has 0 radical (unpaired) electrons. The SMILES string of the molecule is CCCCCCCCOC(=O)/C=C(/CCCCCCC)NC(=O)CCCCCCC. The second-order valence-electron chi connectivity index (χ2n) is 8.48. The van der Waals surface area contributed by atoms with E-state index in [9.17, 15) is 9.59 Å². The second kappa shape index (κ2) is 22.4. The Bertz CT molecular complexity index is 446. The highest BCUT2D eigenvalue weighted by atomic mass is 16.5. The number of nitrogens with one attached hydrogen (secondary N) is 1. The first kappa shape index (κ1) is 28.7. The lowest BCUT2D eigenvalue weighted by molar-refractivity contribution is -0.137. The van der Waals surface area contributed by atoms with E-state index in [2.05, 4.69) is 26.1 Å². The summed E-state index contributed by atoms with van der Waals surface area (Å²) < 4.78 is 5.36. The van der Waals surface area contributed by atoms with Crippen molar-refractivity contribution in [2.24, 2.45) is 0 Å². The third-order valence-corrected chi connectivity index (χ3v) is 5.39. The van der Waals surface area contributed by atoms with Crippen LogP contribution in [0.2, 0.25) is 0 Å². The van der Waals surface area contributed by atoms with Crippen molar-refractivity contribution in [2.75, 3.05) is 6.61 Å². The quantitative estimate of drug-likeness (QED) is 0.117.